The molecular weight excluding hydrogens is 280 g/mol. The van der Waals surface area contributed by atoms with Gasteiger partial charge in [-0.3, -0.25) is 9.59 Å². The van der Waals surface area contributed by atoms with Crippen LogP contribution in [0.2, 0.25) is 0 Å². The Kier molecular flexibility index (Phi) is 7.37. The minimum absolute atomic E-state index is 0.0715. The fourth-order valence-corrected chi connectivity index (χ4v) is 2.64. The van der Waals surface area contributed by atoms with Gasteiger partial charge < -0.3 is 9.47 Å². The number of esters is 2. The van der Waals surface area contributed by atoms with Gasteiger partial charge in [0.25, 0.3) is 0 Å². The smallest absolute Gasteiger partial charge is 0.313 e. The van der Waals surface area contributed by atoms with Crippen LogP contribution in [0.1, 0.15) is 31.7 Å². The van der Waals surface area contributed by atoms with Crippen LogP contribution in [0.5, 0.6) is 0 Å². The number of carbonyl (C=O) groups excluding carboxylic acids is 2. The summed E-state index contributed by atoms with van der Waals surface area (Å²) in [5, 5.41) is 0. The van der Waals surface area contributed by atoms with E-state index in [1.807, 2.05) is 44.2 Å². The second kappa shape index (κ2) is 9.03. The van der Waals surface area contributed by atoms with E-state index in [-0.39, 0.29) is 29.7 Å². The normalized spacial score (nSPS) is 23.0. The molecule has 4 heteroatoms. The summed E-state index contributed by atoms with van der Waals surface area (Å²) < 4.78 is 9.65. The summed E-state index contributed by atoms with van der Waals surface area (Å²) in [6.07, 6.45) is 4.05. The number of hydrogen-bond acceptors (Lipinski definition) is 4. The van der Waals surface area contributed by atoms with Crippen LogP contribution in [0, 0.1) is 11.8 Å². The Morgan fingerprint density at radius 3 is 2.09 bits per heavy atom. The van der Waals surface area contributed by atoms with E-state index in [0.29, 0.717) is 6.42 Å². The second-order valence-electron chi connectivity index (χ2n) is 4.82. The zero-order valence-electron chi connectivity index (χ0n) is 13.6. The zero-order chi connectivity index (χ0) is 16.5. The van der Waals surface area contributed by atoms with Crippen molar-refractivity contribution in [2.24, 2.45) is 11.8 Å². The van der Waals surface area contributed by atoms with Crippen LogP contribution < -0.4 is 0 Å². The van der Waals surface area contributed by atoms with Crippen molar-refractivity contribution in [2.45, 2.75) is 26.2 Å². The lowest BCUT2D eigenvalue weighted by Gasteiger charge is -2.29. The average molecular weight is 304 g/mol. The van der Waals surface area contributed by atoms with E-state index in [1.165, 1.54) is 14.2 Å². The maximum absolute atomic E-state index is 11.9. The molecule has 0 heterocycles. The molecule has 1 aromatic rings. The molecule has 0 radical (unpaired) electrons. The molecule has 2 rings (SSSR count). The fourth-order valence-electron chi connectivity index (χ4n) is 2.64. The van der Waals surface area contributed by atoms with Gasteiger partial charge in [-0.25, -0.2) is 0 Å². The maximum atomic E-state index is 11.9. The van der Waals surface area contributed by atoms with Crippen molar-refractivity contribution >= 4 is 11.9 Å². The fraction of sp³-hybridized carbons (Fsp3) is 0.444. The first-order valence-corrected chi connectivity index (χ1v) is 7.56. The van der Waals surface area contributed by atoms with Crippen LogP contribution in [0.15, 0.2) is 42.5 Å². The third-order valence-corrected chi connectivity index (χ3v) is 3.70. The van der Waals surface area contributed by atoms with Gasteiger partial charge in [0.05, 0.1) is 26.1 Å². The number of ether oxygens (including phenoxy) is 2. The van der Waals surface area contributed by atoms with Gasteiger partial charge in [0.2, 0.25) is 0 Å². The number of rotatable bonds is 3. The molecule has 3 atom stereocenters. The lowest BCUT2D eigenvalue weighted by Crippen LogP contribution is -2.29. The van der Waals surface area contributed by atoms with E-state index >= 15 is 0 Å². The van der Waals surface area contributed by atoms with Crippen LogP contribution in [0.25, 0.3) is 0 Å². The Morgan fingerprint density at radius 2 is 1.55 bits per heavy atom. The molecule has 0 aliphatic heterocycles. The van der Waals surface area contributed by atoms with Crippen molar-refractivity contribution in [3.8, 4) is 0 Å². The van der Waals surface area contributed by atoms with Crippen LogP contribution >= 0.6 is 0 Å². The highest BCUT2D eigenvalue weighted by Crippen LogP contribution is 2.37. The Balaban J connectivity index is 0.00000116. The highest BCUT2D eigenvalue weighted by Gasteiger charge is 2.35. The monoisotopic (exact) mass is 304 g/mol. The third-order valence-electron chi connectivity index (χ3n) is 3.70. The molecule has 0 saturated carbocycles. The summed E-state index contributed by atoms with van der Waals surface area (Å²) in [6, 6.07) is 9.71. The summed E-state index contributed by atoms with van der Waals surface area (Å²) in [5.74, 6) is -1.30. The Hall–Kier alpha value is -2.10. The van der Waals surface area contributed by atoms with Gasteiger partial charge >= 0.3 is 11.9 Å². The van der Waals surface area contributed by atoms with E-state index in [4.69, 9.17) is 9.47 Å². The van der Waals surface area contributed by atoms with Crippen molar-refractivity contribution < 1.29 is 19.1 Å². The lowest BCUT2D eigenvalue weighted by atomic mass is 9.75. The predicted molar refractivity (Wildman–Crippen MR) is 85.3 cm³/mol. The number of hydrogen-bond donors (Lipinski definition) is 0. The molecule has 120 valence electrons. The van der Waals surface area contributed by atoms with Crippen molar-refractivity contribution in [1.82, 2.24) is 0 Å². The molecule has 22 heavy (non-hydrogen) atoms. The largest absolute Gasteiger partial charge is 0.469 e. The van der Waals surface area contributed by atoms with Gasteiger partial charge in [-0.2, -0.15) is 0 Å². The van der Waals surface area contributed by atoms with E-state index in [9.17, 15) is 9.59 Å². The Morgan fingerprint density at radius 1 is 0.955 bits per heavy atom. The van der Waals surface area contributed by atoms with Gasteiger partial charge in [0.1, 0.15) is 0 Å². The molecule has 1 aliphatic carbocycles. The molecule has 1 aromatic carbocycles. The average Bonchev–Trinajstić information content (AvgIpc) is 2.62. The van der Waals surface area contributed by atoms with Gasteiger partial charge in [0, 0.05) is 5.92 Å². The van der Waals surface area contributed by atoms with Crippen LogP contribution in [0.4, 0.5) is 0 Å². The minimum atomic E-state index is -0.358. The second-order valence-corrected chi connectivity index (χ2v) is 4.82. The maximum Gasteiger partial charge on any atom is 0.313 e. The number of benzene rings is 1. The van der Waals surface area contributed by atoms with Crippen molar-refractivity contribution in [3.05, 3.63) is 48.0 Å². The highest BCUT2D eigenvalue weighted by molar-refractivity contribution is 5.79. The first-order chi connectivity index (χ1) is 10.7. The molecule has 0 fully saturated rings. The van der Waals surface area contributed by atoms with Gasteiger partial charge in [-0.05, 0) is 12.0 Å². The number of methoxy groups -OCH3 is 2. The van der Waals surface area contributed by atoms with E-state index in [2.05, 4.69) is 0 Å². The predicted octanol–water partition coefficient (Wildman–Crippen LogP) is 3.33. The van der Waals surface area contributed by atoms with Gasteiger partial charge in [-0.1, -0.05) is 56.3 Å². The van der Waals surface area contributed by atoms with Crippen molar-refractivity contribution in [1.29, 1.82) is 0 Å². The summed E-state index contributed by atoms with van der Waals surface area (Å²) in [7, 11) is 2.75. The molecule has 0 aromatic heterocycles. The van der Waals surface area contributed by atoms with E-state index < -0.39 is 0 Å². The van der Waals surface area contributed by atoms with Crippen molar-refractivity contribution in [2.75, 3.05) is 14.2 Å². The third kappa shape index (κ3) is 4.20. The topological polar surface area (TPSA) is 52.6 Å². The number of carbonyl (C=O) groups is 2. The lowest BCUT2D eigenvalue weighted by molar-refractivity contribution is -0.148. The molecule has 1 aliphatic rings. The van der Waals surface area contributed by atoms with Gasteiger partial charge in [0.15, 0.2) is 0 Å². The molecule has 0 bridgehead atoms. The summed E-state index contributed by atoms with van der Waals surface area (Å²) in [5.41, 5.74) is 1.03. The minimum Gasteiger partial charge on any atom is -0.469 e. The molecule has 0 amide bonds. The molecule has 0 N–H and O–H groups in total. The first-order valence-electron chi connectivity index (χ1n) is 7.56. The summed E-state index contributed by atoms with van der Waals surface area (Å²) in [6.45, 7) is 4.00. The SMILES string of the molecule is CC.COC(=O)C1C=CC(C(=O)OC)C(c2ccccc2)C1. The highest BCUT2D eigenvalue weighted by atomic mass is 16.5. The van der Waals surface area contributed by atoms with Gasteiger partial charge in [-0.15, -0.1) is 0 Å². The molecular formula is C18H24O4. The van der Waals surface area contributed by atoms with E-state index in [0.717, 1.165) is 5.56 Å². The zero-order valence-corrected chi connectivity index (χ0v) is 13.6. The van der Waals surface area contributed by atoms with Crippen LogP contribution in [-0.2, 0) is 19.1 Å². The van der Waals surface area contributed by atoms with E-state index in [1.54, 1.807) is 12.2 Å². The van der Waals surface area contributed by atoms with Crippen LogP contribution in [0.3, 0.4) is 0 Å². The first kappa shape index (κ1) is 18.0. The molecule has 0 spiro atoms. The van der Waals surface area contributed by atoms with Crippen LogP contribution in [-0.4, -0.2) is 26.2 Å². The molecule has 4 nitrogen and oxygen atoms in total. The van der Waals surface area contributed by atoms with Crippen molar-refractivity contribution in [3.63, 3.8) is 0 Å². The molecule has 3 unspecified atom stereocenters. The Bertz CT molecular complexity index is 507. The quantitative estimate of drug-likeness (QED) is 0.635. The standard InChI is InChI=1S/C16H18O4.C2H6/c1-19-15(17)12-8-9-13(16(18)20-2)14(10-12)11-6-4-3-5-7-11;1-2/h3-9,12-14H,10H2,1-2H3;1-2H3. The summed E-state index contributed by atoms with van der Waals surface area (Å²) in [4.78, 5) is 23.6. The summed E-state index contributed by atoms with van der Waals surface area (Å²) >= 11 is 0. The molecule has 0 saturated heterocycles. The Labute approximate surface area is 132 Å².